The van der Waals surface area contributed by atoms with Crippen molar-refractivity contribution in [1.29, 1.82) is 0 Å². The number of carbonyl (C=O) groups is 2. The Hall–Kier alpha value is -2.50. The summed E-state index contributed by atoms with van der Waals surface area (Å²) in [6, 6.07) is 4.83. The van der Waals surface area contributed by atoms with Crippen LogP contribution in [0.3, 0.4) is 0 Å². The molecule has 120 valence electrons. The number of nitrogen functional groups attached to an aromatic ring is 1. The number of ether oxygens (including phenoxy) is 1. The first-order chi connectivity index (χ1) is 10.2. The summed E-state index contributed by atoms with van der Waals surface area (Å²) in [6.07, 6.45) is 3.66. The molecule has 0 bridgehead atoms. The zero-order chi connectivity index (χ0) is 16.8. The highest BCUT2D eigenvalue weighted by Gasteiger charge is 2.15. The maximum absolute atomic E-state index is 11.4. The number of carbonyl (C=O) groups excluding carboxylic acids is 1. The normalized spacial score (nSPS) is 11.4. The molecule has 0 aromatic heterocycles. The first kappa shape index (κ1) is 17.6. The number of alkyl carbamates (subject to hydrolysis) is 1. The average molecular weight is 306 g/mol. The van der Waals surface area contributed by atoms with Crippen LogP contribution < -0.4 is 11.1 Å². The van der Waals surface area contributed by atoms with E-state index in [-0.39, 0.29) is 11.3 Å². The van der Waals surface area contributed by atoms with E-state index < -0.39 is 17.7 Å². The van der Waals surface area contributed by atoms with Gasteiger partial charge in [-0.25, -0.2) is 9.59 Å². The molecule has 0 saturated carbocycles. The predicted octanol–water partition coefficient (Wildman–Crippen LogP) is 2.90. The van der Waals surface area contributed by atoms with Gasteiger partial charge in [-0.05, 0) is 38.8 Å². The van der Waals surface area contributed by atoms with Gasteiger partial charge in [0.15, 0.2) is 0 Å². The van der Waals surface area contributed by atoms with Gasteiger partial charge in [-0.2, -0.15) is 0 Å². The number of carboxylic acid groups (broad SMARTS) is 1. The number of nitrogens with one attached hydrogen (secondary N) is 1. The van der Waals surface area contributed by atoms with Crippen LogP contribution in [0.1, 0.15) is 43.1 Å². The van der Waals surface area contributed by atoms with Gasteiger partial charge in [0, 0.05) is 6.54 Å². The molecule has 0 unspecified atom stereocenters. The number of nitrogens with two attached hydrogens (primary N) is 1. The molecule has 1 rings (SSSR count). The predicted molar refractivity (Wildman–Crippen MR) is 85.7 cm³/mol. The first-order valence-electron chi connectivity index (χ1n) is 6.96. The third-order valence-corrected chi connectivity index (χ3v) is 2.65. The number of amides is 1. The second kappa shape index (κ2) is 7.49. The van der Waals surface area contributed by atoms with Gasteiger partial charge in [0.25, 0.3) is 0 Å². The van der Waals surface area contributed by atoms with Crippen LogP contribution in [0.4, 0.5) is 10.5 Å². The van der Waals surface area contributed by atoms with Gasteiger partial charge >= 0.3 is 12.1 Å². The second-order valence-corrected chi connectivity index (χ2v) is 5.73. The molecular formula is C16H22N2O4. The van der Waals surface area contributed by atoms with Crippen molar-refractivity contribution in [3.05, 3.63) is 35.4 Å². The Morgan fingerprint density at radius 1 is 1.36 bits per heavy atom. The number of hydrogen-bond donors (Lipinski definition) is 3. The topological polar surface area (TPSA) is 102 Å². The third-order valence-electron chi connectivity index (χ3n) is 2.65. The minimum atomic E-state index is -1.06. The van der Waals surface area contributed by atoms with Gasteiger partial charge in [-0.15, -0.1) is 0 Å². The van der Waals surface area contributed by atoms with Crippen LogP contribution in [0.15, 0.2) is 24.3 Å². The summed E-state index contributed by atoms with van der Waals surface area (Å²) in [6.45, 7) is 5.81. The van der Waals surface area contributed by atoms with Gasteiger partial charge in [0.05, 0.1) is 11.3 Å². The summed E-state index contributed by atoms with van der Waals surface area (Å²) in [7, 11) is 0. The van der Waals surface area contributed by atoms with Crippen molar-refractivity contribution in [2.45, 2.75) is 32.8 Å². The standard InChI is InChI=1S/C16H22N2O4/c1-16(2,3)22-15(21)18-10-5-4-7-11-8-6-9-12(13(11)17)14(19)20/h4,6-9H,5,10,17H2,1-3H3,(H,18,21)(H,19,20). The molecule has 1 amide bonds. The number of aromatic carboxylic acids is 1. The molecule has 0 heterocycles. The molecule has 0 spiro atoms. The van der Waals surface area contributed by atoms with E-state index in [9.17, 15) is 9.59 Å². The fourth-order valence-electron chi connectivity index (χ4n) is 1.70. The van der Waals surface area contributed by atoms with Crippen molar-refractivity contribution < 1.29 is 19.4 Å². The Kier molecular flexibility index (Phi) is 5.98. The lowest BCUT2D eigenvalue weighted by molar-refractivity contribution is 0.0528. The highest BCUT2D eigenvalue weighted by Crippen LogP contribution is 2.19. The third kappa shape index (κ3) is 5.87. The van der Waals surface area contributed by atoms with Gasteiger partial charge in [-0.1, -0.05) is 24.3 Å². The Balaban J connectivity index is 2.49. The molecule has 0 fully saturated rings. The molecule has 0 aliphatic carbocycles. The van der Waals surface area contributed by atoms with E-state index in [0.29, 0.717) is 18.5 Å². The van der Waals surface area contributed by atoms with E-state index in [4.69, 9.17) is 15.6 Å². The zero-order valence-corrected chi connectivity index (χ0v) is 13.1. The van der Waals surface area contributed by atoms with E-state index in [1.807, 2.05) is 6.08 Å². The highest BCUT2D eigenvalue weighted by molar-refractivity contribution is 5.95. The molecular weight excluding hydrogens is 284 g/mol. The number of benzene rings is 1. The van der Waals surface area contributed by atoms with Crippen LogP contribution in [-0.4, -0.2) is 29.3 Å². The molecule has 0 radical (unpaired) electrons. The summed E-state index contributed by atoms with van der Waals surface area (Å²) in [5.74, 6) is -1.06. The molecule has 0 aliphatic heterocycles. The van der Waals surface area contributed by atoms with Gasteiger partial charge < -0.3 is 20.9 Å². The molecule has 22 heavy (non-hydrogen) atoms. The van der Waals surface area contributed by atoms with Crippen LogP contribution in [0.5, 0.6) is 0 Å². The molecule has 6 heteroatoms. The minimum absolute atomic E-state index is 0.0778. The SMILES string of the molecule is CC(C)(C)OC(=O)NCCC=Cc1cccc(C(=O)O)c1N. The van der Waals surface area contributed by atoms with Crippen LogP contribution in [0, 0.1) is 0 Å². The van der Waals surface area contributed by atoms with Crippen molar-refractivity contribution >= 4 is 23.8 Å². The molecule has 0 aliphatic rings. The minimum Gasteiger partial charge on any atom is -0.478 e. The van der Waals surface area contributed by atoms with E-state index >= 15 is 0 Å². The lowest BCUT2D eigenvalue weighted by atomic mass is 10.1. The molecule has 0 saturated heterocycles. The highest BCUT2D eigenvalue weighted by atomic mass is 16.6. The van der Waals surface area contributed by atoms with Crippen molar-refractivity contribution in [2.24, 2.45) is 0 Å². The van der Waals surface area contributed by atoms with Crippen molar-refractivity contribution in [1.82, 2.24) is 5.32 Å². The quantitative estimate of drug-likeness (QED) is 0.573. The van der Waals surface area contributed by atoms with Crippen LogP contribution >= 0.6 is 0 Å². The summed E-state index contributed by atoms with van der Waals surface area (Å²) in [5, 5.41) is 11.6. The summed E-state index contributed by atoms with van der Waals surface area (Å²) in [4.78, 5) is 22.4. The fourth-order valence-corrected chi connectivity index (χ4v) is 1.70. The number of carboxylic acids is 1. The van der Waals surface area contributed by atoms with Gasteiger partial charge in [-0.3, -0.25) is 0 Å². The zero-order valence-electron chi connectivity index (χ0n) is 13.1. The van der Waals surface area contributed by atoms with E-state index in [1.54, 1.807) is 39.0 Å². The Morgan fingerprint density at radius 2 is 2.05 bits per heavy atom. The monoisotopic (exact) mass is 306 g/mol. The van der Waals surface area contributed by atoms with Gasteiger partial charge in [0.2, 0.25) is 0 Å². The number of hydrogen-bond acceptors (Lipinski definition) is 4. The molecule has 1 aromatic carbocycles. The first-order valence-corrected chi connectivity index (χ1v) is 6.96. The maximum atomic E-state index is 11.4. The second-order valence-electron chi connectivity index (χ2n) is 5.73. The Bertz CT molecular complexity index is 574. The lowest BCUT2D eigenvalue weighted by Crippen LogP contribution is -2.32. The van der Waals surface area contributed by atoms with Gasteiger partial charge in [0.1, 0.15) is 5.60 Å². The Labute approximate surface area is 130 Å². The number of rotatable bonds is 5. The van der Waals surface area contributed by atoms with E-state index in [0.717, 1.165) is 0 Å². The molecule has 0 atom stereocenters. The average Bonchev–Trinajstić information content (AvgIpc) is 2.37. The smallest absolute Gasteiger partial charge is 0.407 e. The number of anilines is 1. The largest absolute Gasteiger partial charge is 0.478 e. The lowest BCUT2D eigenvalue weighted by Gasteiger charge is -2.19. The van der Waals surface area contributed by atoms with E-state index in [1.165, 1.54) is 6.07 Å². The fraction of sp³-hybridized carbons (Fsp3) is 0.375. The van der Waals surface area contributed by atoms with Crippen LogP contribution in [0.2, 0.25) is 0 Å². The Morgan fingerprint density at radius 3 is 2.64 bits per heavy atom. The van der Waals surface area contributed by atoms with E-state index in [2.05, 4.69) is 5.32 Å². The van der Waals surface area contributed by atoms with Crippen molar-refractivity contribution in [3.63, 3.8) is 0 Å². The molecule has 1 aromatic rings. The molecule has 6 nitrogen and oxygen atoms in total. The summed E-state index contributed by atoms with van der Waals surface area (Å²) < 4.78 is 5.10. The maximum Gasteiger partial charge on any atom is 0.407 e. The van der Waals surface area contributed by atoms with Crippen LogP contribution in [0.25, 0.3) is 6.08 Å². The van der Waals surface area contributed by atoms with Crippen LogP contribution in [-0.2, 0) is 4.74 Å². The number of para-hydroxylation sites is 1. The van der Waals surface area contributed by atoms with Crippen molar-refractivity contribution in [2.75, 3.05) is 12.3 Å². The summed E-state index contributed by atoms with van der Waals surface area (Å²) >= 11 is 0. The van der Waals surface area contributed by atoms with Crippen molar-refractivity contribution in [3.8, 4) is 0 Å². The molecule has 4 N–H and O–H groups in total. The summed E-state index contributed by atoms with van der Waals surface area (Å²) in [5.41, 5.74) is 6.21.